The molecule has 2 rings (SSSR count). The van der Waals surface area contributed by atoms with Gasteiger partial charge in [-0.3, -0.25) is 4.79 Å². The number of nitrogens with one attached hydrogen (secondary N) is 1. The number of carbonyl (C=O) groups is 1. The van der Waals surface area contributed by atoms with Crippen molar-refractivity contribution < 1.29 is 9.53 Å². The number of amides is 1. The molecule has 0 saturated heterocycles. The second-order valence-corrected chi connectivity index (χ2v) is 5.61. The SMILES string of the molecule is CCc1ccc(NC(=O)COc2cccc(C(C)C)c2)cc1. The third-order valence-electron chi connectivity index (χ3n) is 3.54. The molecule has 3 heteroatoms. The van der Waals surface area contributed by atoms with Crippen LogP contribution in [0.5, 0.6) is 5.75 Å². The van der Waals surface area contributed by atoms with Gasteiger partial charge in [-0.05, 0) is 47.7 Å². The molecule has 1 N–H and O–H groups in total. The molecule has 0 unspecified atom stereocenters. The predicted octanol–water partition coefficient (Wildman–Crippen LogP) is 4.39. The van der Waals surface area contributed by atoms with Crippen molar-refractivity contribution in [1.29, 1.82) is 0 Å². The zero-order valence-corrected chi connectivity index (χ0v) is 13.4. The molecule has 0 aliphatic rings. The van der Waals surface area contributed by atoms with Gasteiger partial charge < -0.3 is 10.1 Å². The van der Waals surface area contributed by atoms with E-state index >= 15 is 0 Å². The monoisotopic (exact) mass is 297 g/mol. The van der Waals surface area contributed by atoms with E-state index in [1.165, 1.54) is 11.1 Å². The summed E-state index contributed by atoms with van der Waals surface area (Å²) in [6.07, 6.45) is 0.990. The molecule has 22 heavy (non-hydrogen) atoms. The molecule has 0 aliphatic heterocycles. The first-order valence-corrected chi connectivity index (χ1v) is 7.70. The molecule has 0 bridgehead atoms. The van der Waals surface area contributed by atoms with Gasteiger partial charge in [0.05, 0.1) is 0 Å². The second kappa shape index (κ2) is 7.64. The highest BCUT2D eigenvalue weighted by atomic mass is 16.5. The summed E-state index contributed by atoms with van der Waals surface area (Å²) in [6, 6.07) is 15.7. The topological polar surface area (TPSA) is 38.3 Å². The highest BCUT2D eigenvalue weighted by molar-refractivity contribution is 5.91. The molecule has 0 spiro atoms. The lowest BCUT2D eigenvalue weighted by atomic mass is 10.0. The predicted molar refractivity (Wildman–Crippen MR) is 90.5 cm³/mol. The third kappa shape index (κ3) is 4.62. The van der Waals surface area contributed by atoms with Crippen LogP contribution < -0.4 is 10.1 Å². The van der Waals surface area contributed by atoms with Crippen molar-refractivity contribution >= 4 is 11.6 Å². The number of hydrogen-bond acceptors (Lipinski definition) is 2. The standard InChI is InChI=1S/C19H23NO2/c1-4-15-8-10-17(11-9-15)20-19(21)13-22-18-7-5-6-16(12-18)14(2)3/h5-12,14H,4,13H2,1-3H3,(H,20,21). The van der Waals surface area contributed by atoms with E-state index in [0.29, 0.717) is 5.92 Å². The van der Waals surface area contributed by atoms with Crippen molar-refractivity contribution in [2.75, 3.05) is 11.9 Å². The zero-order chi connectivity index (χ0) is 15.9. The number of benzene rings is 2. The van der Waals surface area contributed by atoms with Crippen LogP contribution in [0, 0.1) is 0 Å². The lowest BCUT2D eigenvalue weighted by Crippen LogP contribution is -2.20. The second-order valence-electron chi connectivity index (χ2n) is 5.61. The van der Waals surface area contributed by atoms with Crippen LogP contribution in [-0.2, 0) is 11.2 Å². The Morgan fingerprint density at radius 1 is 1.14 bits per heavy atom. The van der Waals surface area contributed by atoms with Crippen LogP contribution in [0.4, 0.5) is 5.69 Å². The minimum absolute atomic E-state index is 0.0110. The molecule has 0 fully saturated rings. The van der Waals surface area contributed by atoms with Crippen LogP contribution in [0.3, 0.4) is 0 Å². The van der Waals surface area contributed by atoms with Gasteiger partial charge in [-0.25, -0.2) is 0 Å². The summed E-state index contributed by atoms with van der Waals surface area (Å²) in [5.74, 6) is 1.01. The number of rotatable bonds is 6. The van der Waals surface area contributed by atoms with Gasteiger partial charge >= 0.3 is 0 Å². The third-order valence-corrected chi connectivity index (χ3v) is 3.54. The summed E-state index contributed by atoms with van der Waals surface area (Å²) in [6.45, 7) is 6.38. The molecule has 0 aliphatic carbocycles. The van der Waals surface area contributed by atoms with Gasteiger partial charge in [0, 0.05) is 5.69 Å². The Morgan fingerprint density at radius 2 is 1.86 bits per heavy atom. The number of aryl methyl sites for hydroxylation is 1. The number of ether oxygens (including phenoxy) is 1. The summed E-state index contributed by atoms with van der Waals surface area (Å²) >= 11 is 0. The molecular formula is C19H23NO2. The highest BCUT2D eigenvalue weighted by Gasteiger charge is 2.05. The first-order chi connectivity index (χ1) is 10.6. The van der Waals surface area contributed by atoms with Gasteiger partial charge in [0.25, 0.3) is 5.91 Å². The maximum absolute atomic E-state index is 11.9. The maximum Gasteiger partial charge on any atom is 0.262 e. The molecule has 2 aromatic rings. The summed E-state index contributed by atoms with van der Waals surface area (Å²) in [5.41, 5.74) is 3.24. The Balaban J connectivity index is 1.88. The normalized spacial score (nSPS) is 10.5. The van der Waals surface area contributed by atoms with Crippen molar-refractivity contribution in [3.05, 3.63) is 59.7 Å². The van der Waals surface area contributed by atoms with Gasteiger partial charge in [0.1, 0.15) is 5.75 Å². The first-order valence-electron chi connectivity index (χ1n) is 7.70. The van der Waals surface area contributed by atoms with Gasteiger partial charge in [-0.1, -0.05) is 45.0 Å². The van der Waals surface area contributed by atoms with E-state index in [-0.39, 0.29) is 12.5 Å². The largest absolute Gasteiger partial charge is 0.484 e. The fraction of sp³-hybridized carbons (Fsp3) is 0.316. The summed E-state index contributed by atoms with van der Waals surface area (Å²) < 4.78 is 5.56. The van der Waals surface area contributed by atoms with E-state index < -0.39 is 0 Å². The van der Waals surface area contributed by atoms with Crippen LogP contribution >= 0.6 is 0 Å². The fourth-order valence-corrected chi connectivity index (χ4v) is 2.13. The van der Waals surface area contributed by atoms with Crippen LogP contribution in [0.2, 0.25) is 0 Å². The van der Waals surface area contributed by atoms with E-state index in [1.54, 1.807) is 0 Å². The number of anilines is 1. The van der Waals surface area contributed by atoms with E-state index in [2.05, 4.69) is 32.2 Å². The molecule has 116 valence electrons. The van der Waals surface area contributed by atoms with Gasteiger partial charge in [0.15, 0.2) is 6.61 Å². The molecule has 0 radical (unpaired) electrons. The molecule has 0 atom stereocenters. The average Bonchev–Trinajstić information content (AvgIpc) is 2.54. The van der Waals surface area contributed by atoms with E-state index in [0.717, 1.165) is 17.9 Å². The fourth-order valence-electron chi connectivity index (χ4n) is 2.13. The Bertz CT molecular complexity index is 618. The van der Waals surface area contributed by atoms with Crippen LogP contribution in [0.15, 0.2) is 48.5 Å². The molecule has 0 aromatic heterocycles. The van der Waals surface area contributed by atoms with Crippen molar-refractivity contribution in [1.82, 2.24) is 0 Å². The Kier molecular flexibility index (Phi) is 5.59. The number of hydrogen-bond donors (Lipinski definition) is 1. The smallest absolute Gasteiger partial charge is 0.262 e. The van der Waals surface area contributed by atoms with Gasteiger partial charge in [-0.15, -0.1) is 0 Å². The summed E-state index contributed by atoms with van der Waals surface area (Å²) in [7, 11) is 0. The molecule has 2 aromatic carbocycles. The first kappa shape index (κ1) is 16.1. The van der Waals surface area contributed by atoms with Crippen molar-refractivity contribution in [2.45, 2.75) is 33.1 Å². The lowest BCUT2D eigenvalue weighted by Gasteiger charge is -2.10. The average molecular weight is 297 g/mol. The zero-order valence-electron chi connectivity index (χ0n) is 13.4. The molecular weight excluding hydrogens is 274 g/mol. The minimum atomic E-state index is -0.154. The van der Waals surface area contributed by atoms with Crippen molar-refractivity contribution in [2.24, 2.45) is 0 Å². The van der Waals surface area contributed by atoms with Gasteiger partial charge in [-0.2, -0.15) is 0 Å². The van der Waals surface area contributed by atoms with E-state index in [4.69, 9.17) is 4.74 Å². The van der Waals surface area contributed by atoms with Crippen molar-refractivity contribution in [3.63, 3.8) is 0 Å². The molecule has 0 heterocycles. The Labute approximate surface area is 132 Å². The maximum atomic E-state index is 11.9. The highest BCUT2D eigenvalue weighted by Crippen LogP contribution is 2.20. The molecule has 0 saturated carbocycles. The Hall–Kier alpha value is -2.29. The summed E-state index contributed by atoms with van der Waals surface area (Å²) in [5, 5.41) is 2.84. The Morgan fingerprint density at radius 3 is 2.50 bits per heavy atom. The quantitative estimate of drug-likeness (QED) is 0.858. The molecule has 3 nitrogen and oxygen atoms in total. The van der Waals surface area contributed by atoms with E-state index in [1.807, 2.05) is 42.5 Å². The van der Waals surface area contributed by atoms with E-state index in [9.17, 15) is 4.79 Å². The van der Waals surface area contributed by atoms with Crippen molar-refractivity contribution in [3.8, 4) is 5.75 Å². The van der Waals surface area contributed by atoms with Crippen LogP contribution in [0.1, 0.15) is 37.8 Å². The minimum Gasteiger partial charge on any atom is -0.484 e. The van der Waals surface area contributed by atoms with Crippen LogP contribution in [0.25, 0.3) is 0 Å². The van der Waals surface area contributed by atoms with Crippen LogP contribution in [-0.4, -0.2) is 12.5 Å². The summed E-state index contributed by atoms with van der Waals surface area (Å²) in [4.78, 5) is 11.9. The number of carbonyl (C=O) groups excluding carboxylic acids is 1. The lowest BCUT2D eigenvalue weighted by molar-refractivity contribution is -0.118. The van der Waals surface area contributed by atoms with Gasteiger partial charge in [0.2, 0.25) is 0 Å². The molecule has 1 amide bonds.